The molecule has 0 radical (unpaired) electrons. The first-order valence-corrected chi connectivity index (χ1v) is 11.5. The summed E-state index contributed by atoms with van der Waals surface area (Å²) >= 11 is 0. The Balaban J connectivity index is 1.50. The van der Waals surface area contributed by atoms with E-state index in [1.54, 1.807) is 30.3 Å². The minimum Gasteiger partial charge on any atom is -0.405 e. The second-order valence-corrected chi connectivity index (χ2v) is 8.27. The summed E-state index contributed by atoms with van der Waals surface area (Å²) in [5.74, 6) is -3.26. The molecule has 0 fully saturated rings. The summed E-state index contributed by atoms with van der Waals surface area (Å²) in [6.07, 6.45) is -4.28. The SMILES string of the molecule is O=C(Nc1ccc(F)cn1)c1ccc(CNC(=O)c2cc(=O)n(Cc3ccccc3)c(=O)[nH]2)c(OC(F)(F)F)c1. The van der Waals surface area contributed by atoms with Crippen molar-refractivity contribution in [2.75, 3.05) is 5.32 Å². The summed E-state index contributed by atoms with van der Waals surface area (Å²) in [6, 6.07) is 14.8. The zero-order valence-corrected chi connectivity index (χ0v) is 20.3. The summed E-state index contributed by atoms with van der Waals surface area (Å²) in [7, 11) is 0. The Labute approximate surface area is 222 Å². The predicted octanol–water partition coefficient (Wildman–Crippen LogP) is 3.20. The number of H-pyrrole nitrogens is 1. The Morgan fingerprint density at radius 2 is 1.73 bits per heavy atom. The molecule has 0 spiro atoms. The lowest BCUT2D eigenvalue weighted by Crippen LogP contribution is -2.38. The molecule has 0 aliphatic heterocycles. The number of pyridine rings is 1. The zero-order valence-electron chi connectivity index (χ0n) is 20.3. The average molecular weight is 557 g/mol. The van der Waals surface area contributed by atoms with E-state index in [1.807, 2.05) is 0 Å². The van der Waals surface area contributed by atoms with Crippen LogP contribution in [0.2, 0.25) is 0 Å². The largest absolute Gasteiger partial charge is 0.573 e. The predicted molar refractivity (Wildman–Crippen MR) is 133 cm³/mol. The molecular weight excluding hydrogens is 538 g/mol. The molecular formula is C26H19F4N5O5. The first kappa shape index (κ1) is 27.8. The van der Waals surface area contributed by atoms with Crippen LogP contribution in [0.15, 0.2) is 82.5 Å². The Morgan fingerprint density at radius 3 is 2.38 bits per heavy atom. The highest BCUT2D eigenvalue weighted by Crippen LogP contribution is 2.28. The van der Waals surface area contributed by atoms with Crippen LogP contribution in [-0.4, -0.2) is 32.7 Å². The summed E-state index contributed by atoms with van der Waals surface area (Å²) in [5, 5.41) is 4.62. The number of carbonyl (C=O) groups excluding carboxylic acids is 2. The molecule has 0 aliphatic rings. The number of nitrogens with zero attached hydrogens (tertiary/aromatic N) is 2. The van der Waals surface area contributed by atoms with Gasteiger partial charge in [0.2, 0.25) is 0 Å². The van der Waals surface area contributed by atoms with Gasteiger partial charge in [-0.05, 0) is 29.8 Å². The molecule has 206 valence electrons. The van der Waals surface area contributed by atoms with Gasteiger partial charge in [0.05, 0.1) is 12.7 Å². The van der Waals surface area contributed by atoms with Gasteiger partial charge in [-0.1, -0.05) is 36.4 Å². The molecule has 40 heavy (non-hydrogen) atoms. The van der Waals surface area contributed by atoms with Crippen LogP contribution in [0, 0.1) is 5.82 Å². The monoisotopic (exact) mass is 557 g/mol. The molecule has 10 nitrogen and oxygen atoms in total. The second-order valence-electron chi connectivity index (χ2n) is 8.27. The molecule has 4 aromatic rings. The maximum absolute atomic E-state index is 13.1. The molecule has 0 saturated carbocycles. The van der Waals surface area contributed by atoms with Crippen molar-refractivity contribution in [3.05, 3.63) is 122 Å². The Bertz CT molecular complexity index is 1620. The number of alkyl halides is 3. The maximum atomic E-state index is 13.1. The number of anilines is 1. The van der Waals surface area contributed by atoms with Crippen LogP contribution < -0.4 is 26.6 Å². The van der Waals surface area contributed by atoms with Crippen molar-refractivity contribution in [1.82, 2.24) is 19.9 Å². The molecule has 0 bridgehead atoms. The van der Waals surface area contributed by atoms with E-state index in [0.29, 0.717) is 5.56 Å². The van der Waals surface area contributed by atoms with Gasteiger partial charge in [0.1, 0.15) is 23.1 Å². The van der Waals surface area contributed by atoms with E-state index in [9.17, 15) is 36.7 Å². The molecule has 0 atom stereocenters. The van der Waals surface area contributed by atoms with E-state index in [-0.39, 0.29) is 23.5 Å². The summed E-state index contributed by atoms with van der Waals surface area (Å²) < 4.78 is 57.1. The second kappa shape index (κ2) is 11.6. The molecule has 2 aromatic carbocycles. The van der Waals surface area contributed by atoms with Crippen molar-refractivity contribution in [3.63, 3.8) is 0 Å². The first-order valence-electron chi connectivity index (χ1n) is 11.5. The summed E-state index contributed by atoms with van der Waals surface area (Å²) in [4.78, 5) is 55.9. The maximum Gasteiger partial charge on any atom is 0.573 e. The normalized spacial score (nSPS) is 11.1. The minimum absolute atomic E-state index is 0.0355. The van der Waals surface area contributed by atoms with Gasteiger partial charge in [0.25, 0.3) is 17.4 Å². The molecule has 2 amide bonds. The quantitative estimate of drug-likeness (QED) is 0.285. The van der Waals surface area contributed by atoms with Crippen LogP contribution in [-0.2, 0) is 13.1 Å². The molecule has 0 aliphatic carbocycles. The number of aromatic nitrogens is 3. The van der Waals surface area contributed by atoms with Crippen molar-refractivity contribution in [2.45, 2.75) is 19.5 Å². The Hall–Kier alpha value is -5.27. The smallest absolute Gasteiger partial charge is 0.405 e. The lowest BCUT2D eigenvalue weighted by atomic mass is 10.1. The van der Waals surface area contributed by atoms with Crippen LogP contribution in [0.4, 0.5) is 23.4 Å². The molecule has 0 saturated heterocycles. The number of rotatable bonds is 8. The minimum atomic E-state index is -5.12. The third-order valence-electron chi connectivity index (χ3n) is 5.41. The number of aromatic amines is 1. The van der Waals surface area contributed by atoms with Crippen molar-refractivity contribution in [2.24, 2.45) is 0 Å². The van der Waals surface area contributed by atoms with Crippen LogP contribution in [0.25, 0.3) is 0 Å². The molecule has 0 unspecified atom stereocenters. The standard InChI is InChI=1S/C26H19F4N5O5/c27-18-8-9-21(31-13-18)34-23(37)16-6-7-17(20(10-16)40-26(28,29)30)12-32-24(38)19-11-22(36)35(25(39)33-19)14-15-4-2-1-3-5-15/h1-11,13H,12,14H2,(H,32,38)(H,33,39)(H,31,34,37). The molecule has 14 heteroatoms. The van der Waals surface area contributed by atoms with Crippen molar-refractivity contribution in [3.8, 4) is 5.75 Å². The van der Waals surface area contributed by atoms with Crippen molar-refractivity contribution >= 4 is 17.6 Å². The molecule has 2 heterocycles. The number of ether oxygens (including phenoxy) is 1. The van der Waals surface area contributed by atoms with Crippen LogP contribution in [0.1, 0.15) is 32.0 Å². The number of amides is 2. The number of benzene rings is 2. The lowest BCUT2D eigenvalue weighted by molar-refractivity contribution is -0.274. The van der Waals surface area contributed by atoms with Crippen molar-refractivity contribution < 1.29 is 31.9 Å². The summed E-state index contributed by atoms with van der Waals surface area (Å²) in [5.41, 5.74) is -1.75. The molecule has 2 aromatic heterocycles. The highest BCUT2D eigenvalue weighted by molar-refractivity contribution is 6.04. The zero-order chi connectivity index (χ0) is 28.9. The number of hydrogen-bond acceptors (Lipinski definition) is 6. The first-order chi connectivity index (χ1) is 19.0. The number of carbonyl (C=O) groups is 2. The fourth-order valence-corrected chi connectivity index (χ4v) is 3.53. The van der Waals surface area contributed by atoms with Crippen LogP contribution in [0.5, 0.6) is 5.75 Å². The Kier molecular flexibility index (Phi) is 8.07. The van der Waals surface area contributed by atoms with E-state index in [4.69, 9.17) is 0 Å². The fourth-order valence-electron chi connectivity index (χ4n) is 3.53. The number of hydrogen-bond donors (Lipinski definition) is 3. The van der Waals surface area contributed by atoms with Gasteiger partial charge in [-0.2, -0.15) is 0 Å². The van der Waals surface area contributed by atoms with Gasteiger partial charge in [0, 0.05) is 23.7 Å². The van der Waals surface area contributed by atoms with Gasteiger partial charge >= 0.3 is 12.1 Å². The Morgan fingerprint density at radius 1 is 0.975 bits per heavy atom. The molecule has 4 rings (SSSR count). The highest BCUT2D eigenvalue weighted by atomic mass is 19.4. The van der Waals surface area contributed by atoms with Gasteiger partial charge in [0.15, 0.2) is 0 Å². The van der Waals surface area contributed by atoms with Crippen LogP contribution >= 0.6 is 0 Å². The molecule has 3 N–H and O–H groups in total. The highest BCUT2D eigenvalue weighted by Gasteiger charge is 2.32. The van der Waals surface area contributed by atoms with E-state index in [0.717, 1.165) is 41.1 Å². The van der Waals surface area contributed by atoms with E-state index in [2.05, 4.69) is 25.3 Å². The number of nitrogens with one attached hydrogen (secondary N) is 3. The van der Waals surface area contributed by atoms with E-state index >= 15 is 0 Å². The summed E-state index contributed by atoms with van der Waals surface area (Å²) in [6.45, 7) is -0.549. The van der Waals surface area contributed by atoms with Gasteiger partial charge in [-0.3, -0.25) is 19.0 Å². The third-order valence-corrected chi connectivity index (χ3v) is 5.41. The fraction of sp³-hybridized carbons (Fsp3) is 0.115. The topological polar surface area (TPSA) is 135 Å². The third kappa shape index (κ3) is 7.18. The number of halogens is 4. The average Bonchev–Trinajstić information content (AvgIpc) is 2.90. The van der Waals surface area contributed by atoms with Gasteiger partial charge in [-0.25, -0.2) is 14.2 Å². The lowest BCUT2D eigenvalue weighted by Gasteiger charge is -2.15. The van der Waals surface area contributed by atoms with Gasteiger partial charge < -0.3 is 20.4 Å². The van der Waals surface area contributed by atoms with E-state index in [1.165, 1.54) is 6.07 Å². The van der Waals surface area contributed by atoms with Crippen LogP contribution in [0.3, 0.4) is 0 Å². The van der Waals surface area contributed by atoms with Crippen molar-refractivity contribution in [1.29, 1.82) is 0 Å². The van der Waals surface area contributed by atoms with Gasteiger partial charge in [-0.15, -0.1) is 13.2 Å². The van der Waals surface area contributed by atoms with E-state index < -0.39 is 53.2 Å².